The Morgan fingerprint density at radius 2 is 2.00 bits per heavy atom. The summed E-state index contributed by atoms with van der Waals surface area (Å²) in [5, 5.41) is 3.38. The highest BCUT2D eigenvalue weighted by molar-refractivity contribution is 7.09. The lowest BCUT2D eigenvalue weighted by Gasteiger charge is -2.29. The lowest BCUT2D eigenvalue weighted by molar-refractivity contribution is -0.0280. The third kappa shape index (κ3) is 2.30. The van der Waals surface area contributed by atoms with E-state index in [0.717, 1.165) is 19.3 Å². The van der Waals surface area contributed by atoms with E-state index in [0.29, 0.717) is 0 Å². The van der Waals surface area contributed by atoms with Crippen molar-refractivity contribution < 1.29 is 4.74 Å². The molecular formula is C13H21NOS. The summed E-state index contributed by atoms with van der Waals surface area (Å²) in [7, 11) is 1.85. The number of thiazole rings is 1. The maximum absolute atomic E-state index is 5.85. The lowest BCUT2D eigenvalue weighted by Crippen LogP contribution is -2.27. The summed E-state index contributed by atoms with van der Waals surface area (Å²) in [6, 6.07) is 0. The van der Waals surface area contributed by atoms with Crippen LogP contribution in [0.25, 0.3) is 0 Å². The van der Waals surface area contributed by atoms with Gasteiger partial charge in [0, 0.05) is 12.5 Å². The van der Waals surface area contributed by atoms with Crippen LogP contribution in [0.15, 0.2) is 5.38 Å². The zero-order valence-electron chi connectivity index (χ0n) is 10.3. The van der Waals surface area contributed by atoms with Gasteiger partial charge in [-0.25, -0.2) is 4.98 Å². The van der Waals surface area contributed by atoms with Crippen LogP contribution in [0.5, 0.6) is 0 Å². The molecule has 0 spiro atoms. The molecule has 0 saturated heterocycles. The summed E-state index contributed by atoms with van der Waals surface area (Å²) in [6.45, 7) is 2.16. The van der Waals surface area contributed by atoms with E-state index in [4.69, 9.17) is 9.72 Å². The summed E-state index contributed by atoms with van der Waals surface area (Å²) in [4.78, 5) is 4.73. The number of aromatic nitrogens is 1. The summed E-state index contributed by atoms with van der Waals surface area (Å²) in [5.41, 5.74) is 1.13. The number of hydrogen-bond donors (Lipinski definition) is 0. The van der Waals surface area contributed by atoms with E-state index in [1.807, 2.05) is 7.11 Å². The zero-order valence-corrected chi connectivity index (χ0v) is 11.1. The predicted octanol–water partition coefficient (Wildman–Crippen LogP) is 3.90. The Balaban J connectivity index is 2.24. The molecule has 1 fully saturated rings. The highest BCUT2D eigenvalue weighted by Gasteiger charge is 2.35. The molecule has 2 rings (SSSR count). The number of nitrogens with zero attached hydrogens (tertiary/aromatic N) is 1. The van der Waals surface area contributed by atoms with E-state index in [1.54, 1.807) is 11.3 Å². The van der Waals surface area contributed by atoms with Crippen LogP contribution in [-0.2, 0) is 16.8 Å². The Labute approximate surface area is 102 Å². The molecule has 1 aliphatic carbocycles. The molecule has 0 radical (unpaired) electrons. The molecule has 2 nitrogen and oxygen atoms in total. The minimum Gasteiger partial charge on any atom is -0.371 e. The van der Waals surface area contributed by atoms with Crippen LogP contribution in [0.4, 0.5) is 0 Å². The van der Waals surface area contributed by atoms with Gasteiger partial charge >= 0.3 is 0 Å². The fourth-order valence-corrected chi connectivity index (χ4v) is 3.62. The first-order chi connectivity index (χ1) is 7.80. The zero-order chi connectivity index (χ0) is 11.4. The standard InChI is InChI=1S/C13H21NOS/c1-3-11-10-16-12(14-11)13(15-2)8-6-4-5-7-9-13/h10H,3-9H2,1-2H3. The Hall–Kier alpha value is -0.410. The molecule has 1 aromatic heterocycles. The van der Waals surface area contributed by atoms with Gasteiger partial charge in [-0.05, 0) is 19.3 Å². The largest absolute Gasteiger partial charge is 0.371 e. The van der Waals surface area contributed by atoms with Crippen molar-refractivity contribution in [2.75, 3.05) is 7.11 Å². The van der Waals surface area contributed by atoms with Crippen molar-refractivity contribution in [3.05, 3.63) is 16.1 Å². The van der Waals surface area contributed by atoms with Crippen LogP contribution < -0.4 is 0 Å². The van der Waals surface area contributed by atoms with E-state index in [9.17, 15) is 0 Å². The second kappa shape index (κ2) is 5.28. The van der Waals surface area contributed by atoms with Crippen molar-refractivity contribution in [2.45, 2.75) is 57.5 Å². The number of aryl methyl sites for hydroxylation is 1. The molecule has 16 heavy (non-hydrogen) atoms. The van der Waals surface area contributed by atoms with Gasteiger partial charge in [-0.15, -0.1) is 11.3 Å². The van der Waals surface area contributed by atoms with Crippen LogP contribution in [0.1, 0.15) is 56.2 Å². The maximum atomic E-state index is 5.85. The second-order valence-corrected chi connectivity index (χ2v) is 5.47. The summed E-state index contributed by atoms with van der Waals surface area (Å²) in [5.74, 6) is 0. The molecule has 0 bridgehead atoms. The smallest absolute Gasteiger partial charge is 0.125 e. The van der Waals surface area contributed by atoms with Gasteiger partial charge in [0.25, 0.3) is 0 Å². The van der Waals surface area contributed by atoms with Gasteiger partial charge in [-0.2, -0.15) is 0 Å². The normalized spacial score (nSPS) is 20.6. The van der Waals surface area contributed by atoms with Crippen molar-refractivity contribution >= 4 is 11.3 Å². The van der Waals surface area contributed by atoms with Gasteiger partial charge in [0.1, 0.15) is 10.6 Å². The molecular weight excluding hydrogens is 218 g/mol. The van der Waals surface area contributed by atoms with Gasteiger partial charge in [0.2, 0.25) is 0 Å². The Morgan fingerprint density at radius 3 is 2.50 bits per heavy atom. The Morgan fingerprint density at radius 1 is 1.31 bits per heavy atom. The predicted molar refractivity (Wildman–Crippen MR) is 67.9 cm³/mol. The molecule has 0 atom stereocenters. The van der Waals surface area contributed by atoms with Crippen LogP contribution in [-0.4, -0.2) is 12.1 Å². The molecule has 0 aromatic carbocycles. The van der Waals surface area contributed by atoms with E-state index < -0.39 is 0 Å². The topological polar surface area (TPSA) is 22.1 Å². The molecule has 0 aliphatic heterocycles. The lowest BCUT2D eigenvalue weighted by atomic mass is 9.95. The third-order valence-corrected chi connectivity index (χ3v) is 4.68. The van der Waals surface area contributed by atoms with Crippen LogP contribution >= 0.6 is 11.3 Å². The van der Waals surface area contributed by atoms with Crippen molar-refractivity contribution in [1.82, 2.24) is 4.98 Å². The number of rotatable bonds is 3. The van der Waals surface area contributed by atoms with Crippen LogP contribution in [0.3, 0.4) is 0 Å². The molecule has 0 unspecified atom stereocenters. The first-order valence-electron chi connectivity index (χ1n) is 6.31. The van der Waals surface area contributed by atoms with Gasteiger partial charge < -0.3 is 4.74 Å². The monoisotopic (exact) mass is 239 g/mol. The van der Waals surface area contributed by atoms with Gasteiger partial charge in [-0.3, -0.25) is 0 Å². The van der Waals surface area contributed by atoms with E-state index in [1.165, 1.54) is 36.4 Å². The molecule has 1 aliphatic rings. The van der Waals surface area contributed by atoms with Crippen molar-refractivity contribution in [1.29, 1.82) is 0 Å². The van der Waals surface area contributed by atoms with Crippen LogP contribution in [0, 0.1) is 0 Å². The first kappa shape index (κ1) is 12.1. The molecule has 90 valence electrons. The molecule has 1 saturated carbocycles. The van der Waals surface area contributed by atoms with E-state index >= 15 is 0 Å². The third-order valence-electron chi connectivity index (χ3n) is 3.61. The molecule has 0 amide bonds. The molecule has 1 aromatic rings. The first-order valence-corrected chi connectivity index (χ1v) is 7.19. The molecule has 3 heteroatoms. The number of methoxy groups -OCH3 is 1. The Bertz CT molecular complexity index is 326. The number of ether oxygens (including phenoxy) is 1. The fourth-order valence-electron chi connectivity index (χ4n) is 2.48. The minimum absolute atomic E-state index is 0.0748. The highest BCUT2D eigenvalue weighted by atomic mass is 32.1. The van der Waals surface area contributed by atoms with E-state index in [2.05, 4.69) is 12.3 Å². The summed E-state index contributed by atoms with van der Waals surface area (Å²) >= 11 is 1.78. The second-order valence-electron chi connectivity index (χ2n) is 4.61. The Kier molecular flexibility index (Phi) is 3.98. The van der Waals surface area contributed by atoms with Crippen molar-refractivity contribution in [3.63, 3.8) is 0 Å². The average molecular weight is 239 g/mol. The van der Waals surface area contributed by atoms with Crippen molar-refractivity contribution in [2.24, 2.45) is 0 Å². The SMILES string of the molecule is CCc1csc(C2(OC)CCCCCC2)n1. The fraction of sp³-hybridized carbons (Fsp3) is 0.769. The minimum atomic E-state index is -0.0748. The molecule has 0 N–H and O–H groups in total. The highest BCUT2D eigenvalue weighted by Crippen LogP contribution is 2.40. The van der Waals surface area contributed by atoms with Crippen LogP contribution in [0.2, 0.25) is 0 Å². The number of hydrogen-bond acceptors (Lipinski definition) is 3. The van der Waals surface area contributed by atoms with E-state index in [-0.39, 0.29) is 5.60 Å². The summed E-state index contributed by atoms with van der Waals surface area (Å²) in [6.07, 6.45) is 8.54. The van der Waals surface area contributed by atoms with Gasteiger partial charge in [-0.1, -0.05) is 32.6 Å². The quantitative estimate of drug-likeness (QED) is 0.746. The maximum Gasteiger partial charge on any atom is 0.125 e. The summed E-state index contributed by atoms with van der Waals surface area (Å²) < 4.78 is 5.85. The molecule has 1 heterocycles. The average Bonchev–Trinajstić information content (AvgIpc) is 2.68. The van der Waals surface area contributed by atoms with Crippen molar-refractivity contribution in [3.8, 4) is 0 Å². The van der Waals surface area contributed by atoms with Gasteiger partial charge in [0.15, 0.2) is 0 Å². The van der Waals surface area contributed by atoms with Gasteiger partial charge in [0.05, 0.1) is 5.69 Å².